The summed E-state index contributed by atoms with van der Waals surface area (Å²) in [6.45, 7) is 5.58. The monoisotopic (exact) mass is 501 g/mol. The third-order valence-electron chi connectivity index (χ3n) is 6.50. The third kappa shape index (κ3) is 6.73. The minimum Gasteiger partial charge on any atom is -0.472 e. The summed E-state index contributed by atoms with van der Waals surface area (Å²) in [5.41, 5.74) is 2.72. The van der Waals surface area contributed by atoms with Crippen LogP contribution in [0, 0.1) is 23.6 Å². The second kappa shape index (κ2) is 12.0. The molecule has 0 saturated carbocycles. The van der Waals surface area contributed by atoms with Gasteiger partial charge < -0.3 is 14.7 Å². The molecule has 1 N–H and O–H groups in total. The van der Waals surface area contributed by atoms with Gasteiger partial charge in [0.1, 0.15) is 17.5 Å². The standard InChI is InChI=1S/C30H32FN3O3/c1-21-17-34(22(2)20-35)30(36)27-15-25(10-9-23-11-13-26(31)14-12-23)16-32-29(27)37-28(21)19-33(3)18-24-7-5-4-6-8-24/h4-8,11-16,21-22,28,35H,17-20H2,1-3H3/t21-,22+,28-/m0/s1. The van der Waals surface area contributed by atoms with Crippen LogP contribution in [0.25, 0.3) is 0 Å². The third-order valence-corrected chi connectivity index (χ3v) is 6.50. The van der Waals surface area contributed by atoms with Crippen molar-refractivity contribution in [2.45, 2.75) is 32.5 Å². The highest BCUT2D eigenvalue weighted by atomic mass is 19.1. The summed E-state index contributed by atoms with van der Waals surface area (Å²) in [6.07, 6.45) is 1.36. The molecule has 1 aliphatic heterocycles. The highest BCUT2D eigenvalue weighted by molar-refractivity contribution is 5.97. The number of hydrogen-bond donors (Lipinski definition) is 1. The number of halogens is 1. The molecule has 3 atom stereocenters. The molecule has 6 nitrogen and oxygen atoms in total. The topological polar surface area (TPSA) is 65.9 Å². The minimum atomic E-state index is -0.363. The number of benzene rings is 2. The fourth-order valence-corrected chi connectivity index (χ4v) is 4.33. The van der Waals surface area contributed by atoms with E-state index in [1.165, 1.54) is 17.7 Å². The lowest BCUT2D eigenvalue weighted by Crippen LogP contribution is -2.49. The largest absolute Gasteiger partial charge is 0.472 e. The smallest absolute Gasteiger partial charge is 0.259 e. The number of rotatable bonds is 6. The van der Waals surface area contributed by atoms with Crippen LogP contribution in [-0.4, -0.2) is 64.7 Å². The average Bonchev–Trinajstić information content (AvgIpc) is 2.90. The fraction of sp³-hybridized carbons (Fsp3) is 0.333. The van der Waals surface area contributed by atoms with E-state index in [-0.39, 0.29) is 42.3 Å². The summed E-state index contributed by atoms with van der Waals surface area (Å²) in [4.78, 5) is 21.9. The van der Waals surface area contributed by atoms with Crippen molar-refractivity contribution in [3.63, 3.8) is 0 Å². The SMILES string of the molecule is C[C@H](CO)N1C[C@H](C)[C@H](CN(C)Cc2ccccc2)Oc2ncc(C#Cc3ccc(F)cc3)cc2C1=O. The number of hydrogen-bond acceptors (Lipinski definition) is 5. The molecule has 0 radical (unpaired) electrons. The van der Waals surface area contributed by atoms with E-state index < -0.39 is 0 Å². The number of aromatic nitrogens is 1. The van der Waals surface area contributed by atoms with E-state index in [1.807, 2.05) is 32.2 Å². The molecule has 0 aliphatic carbocycles. The maximum absolute atomic E-state index is 13.6. The van der Waals surface area contributed by atoms with Crippen molar-refractivity contribution in [2.24, 2.45) is 5.92 Å². The van der Waals surface area contributed by atoms with Gasteiger partial charge in [-0.15, -0.1) is 0 Å². The molecule has 192 valence electrons. The molecule has 3 aromatic rings. The van der Waals surface area contributed by atoms with Gasteiger partial charge in [0.05, 0.1) is 12.6 Å². The van der Waals surface area contributed by atoms with E-state index in [0.29, 0.717) is 29.8 Å². The summed E-state index contributed by atoms with van der Waals surface area (Å²) < 4.78 is 19.6. The minimum absolute atomic E-state index is 0.00377. The van der Waals surface area contributed by atoms with Crippen LogP contribution < -0.4 is 4.74 Å². The van der Waals surface area contributed by atoms with Gasteiger partial charge in [0.25, 0.3) is 5.91 Å². The van der Waals surface area contributed by atoms with Gasteiger partial charge in [-0.05, 0) is 49.9 Å². The zero-order valence-corrected chi connectivity index (χ0v) is 21.4. The Bertz CT molecular complexity index is 1270. The number of pyridine rings is 1. The maximum atomic E-state index is 13.6. The van der Waals surface area contributed by atoms with Gasteiger partial charge in [-0.25, -0.2) is 9.37 Å². The predicted octanol–water partition coefficient (Wildman–Crippen LogP) is 3.97. The number of aliphatic hydroxyl groups excluding tert-OH is 1. The Kier molecular flexibility index (Phi) is 8.54. The van der Waals surface area contributed by atoms with Crippen molar-refractivity contribution in [1.29, 1.82) is 0 Å². The van der Waals surface area contributed by atoms with Crippen LogP contribution in [0.5, 0.6) is 5.88 Å². The van der Waals surface area contributed by atoms with Crippen LogP contribution in [0.1, 0.15) is 40.9 Å². The average molecular weight is 502 g/mol. The number of amides is 1. The highest BCUT2D eigenvalue weighted by Crippen LogP contribution is 2.27. The first-order valence-electron chi connectivity index (χ1n) is 12.4. The van der Waals surface area contributed by atoms with Gasteiger partial charge >= 0.3 is 0 Å². The molecule has 7 heteroatoms. The van der Waals surface area contributed by atoms with Gasteiger partial charge in [-0.2, -0.15) is 0 Å². The number of carbonyl (C=O) groups is 1. The number of likely N-dealkylation sites (N-methyl/N-ethyl adjacent to an activating group) is 1. The number of fused-ring (bicyclic) bond motifs is 1. The van der Waals surface area contributed by atoms with Crippen LogP contribution in [0.4, 0.5) is 4.39 Å². The summed E-state index contributed by atoms with van der Waals surface area (Å²) in [6, 6.07) is 17.4. The van der Waals surface area contributed by atoms with Crippen molar-refractivity contribution in [3.8, 4) is 17.7 Å². The van der Waals surface area contributed by atoms with Crippen molar-refractivity contribution < 1.29 is 19.0 Å². The molecular weight excluding hydrogens is 469 g/mol. The van der Waals surface area contributed by atoms with Crippen LogP contribution in [0.15, 0.2) is 66.9 Å². The van der Waals surface area contributed by atoms with Gasteiger partial charge in [0.15, 0.2) is 0 Å². The van der Waals surface area contributed by atoms with Gasteiger partial charge in [-0.1, -0.05) is 49.1 Å². The summed E-state index contributed by atoms with van der Waals surface area (Å²) in [7, 11) is 2.05. The van der Waals surface area contributed by atoms with E-state index in [0.717, 1.165) is 6.54 Å². The Morgan fingerprint density at radius 2 is 1.86 bits per heavy atom. The van der Waals surface area contributed by atoms with Crippen LogP contribution in [0.2, 0.25) is 0 Å². The van der Waals surface area contributed by atoms with Crippen LogP contribution >= 0.6 is 0 Å². The maximum Gasteiger partial charge on any atom is 0.259 e. The van der Waals surface area contributed by atoms with Gasteiger partial charge in [-0.3, -0.25) is 9.69 Å². The highest BCUT2D eigenvalue weighted by Gasteiger charge is 2.34. The van der Waals surface area contributed by atoms with Crippen molar-refractivity contribution in [3.05, 3.63) is 94.9 Å². The summed E-state index contributed by atoms with van der Waals surface area (Å²) in [5, 5.41) is 9.86. The molecule has 2 aromatic carbocycles. The van der Waals surface area contributed by atoms with Crippen LogP contribution in [0.3, 0.4) is 0 Å². The molecule has 2 heterocycles. The molecule has 1 aliphatic rings. The summed E-state index contributed by atoms with van der Waals surface area (Å²) in [5.74, 6) is 5.67. The second-order valence-corrected chi connectivity index (χ2v) is 9.64. The molecule has 37 heavy (non-hydrogen) atoms. The fourth-order valence-electron chi connectivity index (χ4n) is 4.33. The van der Waals surface area contributed by atoms with Crippen molar-refractivity contribution in [2.75, 3.05) is 26.7 Å². The van der Waals surface area contributed by atoms with E-state index >= 15 is 0 Å². The molecule has 4 rings (SSSR count). The zero-order chi connectivity index (χ0) is 26.4. The predicted molar refractivity (Wildman–Crippen MR) is 141 cm³/mol. The van der Waals surface area contributed by atoms with E-state index in [2.05, 4.69) is 40.8 Å². The van der Waals surface area contributed by atoms with E-state index in [4.69, 9.17) is 4.74 Å². The van der Waals surface area contributed by atoms with Gasteiger partial charge in [0.2, 0.25) is 5.88 Å². The lowest BCUT2D eigenvalue weighted by molar-refractivity contribution is 0.0325. The molecule has 0 unspecified atom stereocenters. The van der Waals surface area contributed by atoms with Gasteiger partial charge in [0, 0.05) is 42.9 Å². The first-order chi connectivity index (χ1) is 17.8. The lowest BCUT2D eigenvalue weighted by Gasteiger charge is -2.37. The normalized spacial score (nSPS) is 18.2. The van der Waals surface area contributed by atoms with E-state index in [1.54, 1.807) is 29.3 Å². The quantitative estimate of drug-likeness (QED) is 0.518. The van der Waals surface area contributed by atoms with E-state index in [9.17, 15) is 14.3 Å². The molecule has 0 spiro atoms. The van der Waals surface area contributed by atoms with Crippen molar-refractivity contribution >= 4 is 5.91 Å². The second-order valence-electron chi connectivity index (χ2n) is 9.64. The Morgan fingerprint density at radius 1 is 1.16 bits per heavy atom. The number of aliphatic hydroxyl groups is 1. The molecule has 1 amide bonds. The Hall–Kier alpha value is -3.73. The Labute approximate surface area is 217 Å². The summed E-state index contributed by atoms with van der Waals surface area (Å²) >= 11 is 0. The van der Waals surface area contributed by atoms with Crippen molar-refractivity contribution in [1.82, 2.24) is 14.8 Å². The Balaban J connectivity index is 1.62. The number of nitrogens with zero attached hydrogens (tertiary/aromatic N) is 3. The first kappa shape index (κ1) is 26.3. The zero-order valence-electron chi connectivity index (χ0n) is 21.4. The number of ether oxygens (including phenoxy) is 1. The number of carbonyl (C=O) groups excluding carboxylic acids is 1. The lowest BCUT2D eigenvalue weighted by atomic mass is 9.99. The molecular formula is C30H32FN3O3. The van der Waals surface area contributed by atoms with Crippen LogP contribution in [-0.2, 0) is 6.54 Å². The molecule has 1 aromatic heterocycles. The molecule has 0 saturated heterocycles. The Morgan fingerprint density at radius 3 is 2.57 bits per heavy atom. The molecule has 0 fully saturated rings. The first-order valence-corrected chi connectivity index (χ1v) is 12.4. The molecule has 0 bridgehead atoms.